The van der Waals surface area contributed by atoms with Gasteiger partial charge < -0.3 is 19.5 Å². The van der Waals surface area contributed by atoms with Crippen LogP contribution >= 0.6 is 0 Å². The SMILES string of the molecule is COc1cc(CNCCC2CCOC2)ccc1OC(C)C. The lowest BCUT2D eigenvalue weighted by atomic mass is 10.1. The molecule has 0 saturated carbocycles. The highest BCUT2D eigenvalue weighted by molar-refractivity contribution is 5.43. The molecule has 1 aliphatic heterocycles. The van der Waals surface area contributed by atoms with Crippen molar-refractivity contribution in [1.82, 2.24) is 5.32 Å². The Bertz CT molecular complexity index is 428. The highest BCUT2D eigenvalue weighted by Crippen LogP contribution is 2.28. The van der Waals surface area contributed by atoms with Gasteiger partial charge in [0.1, 0.15) is 0 Å². The zero-order valence-corrected chi connectivity index (χ0v) is 13.4. The fraction of sp³-hybridized carbons (Fsp3) is 0.647. The number of rotatable bonds is 8. The summed E-state index contributed by atoms with van der Waals surface area (Å²) in [5.41, 5.74) is 1.21. The lowest BCUT2D eigenvalue weighted by Gasteiger charge is -2.15. The molecule has 0 bridgehead atoms. The van der Waals surface area contributed by atoms with Crippen molar-refractivity contribution in [1.29, 1.82) is 0 Å². The van der Waals surface area contributed by atoms with Crippen molar-refractivity contribution in [3.8, 4) is 11.5 Å². The van der Waals surface area contributed by atoms with Crippen LogP contribution in [0.15, 0.2) is 18.2 Å². The van der Waals surface area contributed by atoms with E-state index in [1.807, 2.05) is 26.0 Å². The summed E-state index contributed by atoms with van der Waals surface area (Å²) in [5.74, 6) is 2.33. The summed E-state index contributed by atoms with van der Waals surface area (Å²) in [5, 5.41) is 3.49. The van der Waals surface area contributed by atoms with Gasteiger partial charge in [0.05, 0.1) is 13.2 Å². The molecule has 0 spiro atoms. The number of hydrogen-bond donors (Lipinski definition) is 1. The molecule has 4 nitrogen and oxygen atoms in total. The first-order valence-corrected chi connectivity index (χ1v) is 7.81. The summed E-state index contributed by atoms with van der Waals surface area (Å²) in [4.78, 5) is 0. The van der Waals surface area contributed by atoms with Crippen molar-refractivity contribution >= 4 is 0 Å². The van der Waals surface area contributed by atoms with Crippen LogP contribution in [0.3, 0.4) is 0 Å². The van der Waals surface area contributed by atoms with E-state index in [0.717, 1.165) is 43.7 Å². The van der Waals surface area contributed by atoms with Crippen LogP contribution in [-0.4, -0.2) is 33.0 Å². The average Bonchev–Trinajstić information content (AvgIpc) is 2.97. The number of hydrogen-bond acceptors (Lipinski definition) is 4. The van der Waals surface area contributed by atoms with Gasteiger partial charge in [-0.25, -0.2) is 0 Å². The summed E-state index contributed by atoms with van der Waals surface area (Å²) in [6.07, 6.45) is 2.54. The second kappa shape index (κ2) is 8.25. The van der Waals surface area contributed by atoms with E-state index in [1.54, 1.807) is 7.11 Å². The van der Waals surface area contributed by atoms with Crippen molar-refractivity contribution in [3.05, 3.63) is 23.8 Å². The van der Waals surface area contributed by atoms with Gasteiger partial charge >= 0.3 is 0 Å². The summed E-state index contributed by atoms with van der Waals surface area (Å²) in [6.45, 7) is 7.77. The van der Waals surface area contributed by atoms with Gasteiger partial charge in [0.25, 0.3) is 0 Å². The van der Waals surface area contributed by atoms with Crippen LogP contribution in [0.2, 0.25) is 0 Å². The second-order valence-electron chi connectivity index (χ2n) is 5.85. The summed E-state index contributed by atoms with van der Waals surface area (Å²) < 4.78 is 16.5. The highest BCUT2D eigenvalue weighted by Gasteiger charge is 2.14. The second-order valence-corrected chi connectivity index (χ2v) is 5.85. The first-order chi connectivity index (χ1) is 10.2. The summed E-state index contributed by atoms with van der Waals surface area (Å²) in [6, 6.07) is 6.12. The van der Waals surface area contributed by atoms with Gasteiger partial charge in [0.15, 0.2) is 11.5 Å². The lowest BCUT2D eigenvalue weighted by Crippen LogP contribution is -2.18. The maximum atomic E-state index is 5.73. The third-order valence-electron chi connectivity index (χ3n) is 3.67. The number of ether oxygens (including phenoxy) is 3. The van der Waals surface area contributed by atoms with E-state index in [9.17, 15) is 0 Å². The fourth-order valence-electron chi connectivity index (χ4n) is 2.52. The van der Waals surface area contributed by atoms with E-state index in [2.05, 4.69) is 11.4 Å². The van der Waals surface area contributed by atoms with E-state index in [4.69, 9.17) is 14.2 Å². The van der Waals surface area contributed by atoms with Crippen LogP contribution in [0.1, 0.15) is 32.3 Å². The molecule has 1 aliphatic rings. The predicted molar refractivity (Wildman–Crippen MR) is 84.0 cm³/mol. The van der Waals surface area contributed by atoms with Crippen LogP contribution in [-0.2, 0) is 11.3 Å². The Morgan fingerprint density at radius 1 is 1.33 bits per heavy atom. The molecule has 1 aromatic carbocycles. The van der Waals surface area contributed by atoms with E-state index >= 15 is 0 Å². The van der Waals surface area contributed by atoms with Gasteiger partial charge in [-0.15, -0.1) is 0 Å². The summed E-state index contributed by atoms with van der Waals surface area (Å²) in [7, 11) is 1.68. The van der Waals surface area contributed by atoms with Gasteiger partial charge in [-0.3, -0.25) is 0 Å². The van der Waals surface area contributed by atoms with Gasteiger partial charge in [-0.2, -0.15) is 0 Å². The molecule has 118 valence electrons. The maximum absolute atomic E-state index is 5.73. The van der Waals surface area contributed by atoms with E-state index in [0.29, 0.717) is 0 Å². The van der Waals surface area contributed by atoms with Crippen LogP contribution in [0.5, 0.6) is 11.5 Å². The maximum Gasteiger partial charge on any atom is 0.161 e. The molecule has 0 amide bonds. The molecule has 1 aromatic rings. The van der Waals surface area contributed by atoms with Crippen LogP contribution in [0, 0.1) is 5.92 Å². The molecule has 0 aromatic heterocycles. The Kier molecular flexibility index (Phi) is 6.33. The zero-order chi connectivity index (χ0) is 15.1. The van der Waals surface area contributed by atoms with Crippen molar-refractivity contribution in [2.24, 2.45) is 5.92 Å². The Balaban J connectivity index is 1.79. The standard InChI is InChI=1S/C17H27NO3/c1-13(2)21-16-5-4-15(10-17(16)19-3)11-18-8-6-14-7-9-20-12-14/h4-5,10,13-14,18H,6-9,11-12H2,1-3H3. The van der Waals surface area contributed by atoms with Crippen molar-refractivity contribution in [2.75, 3.05) is 26.9 Å². The zero-order valence-electron chi connectivity index (χ0n) is 13.4. The number of benzene rings is 1. The third-order valence-corrected chi connectivity index (χ3v) is 3.67. The molecule has 21 heavy (non-hydrogen) atoms. The Morgan fingerprint density at radius 3 is 2.86 bits per heavy atom. The fourth-order valence-corrected chi connectivity index (χ4v) is 2.52. The van der Waals surface area contributed by atoms with Crippen LogP contribution in [0.4, 0.5) is 0 Å². The summed E-state index contributed by atoms with van der Waals surface area (Å²) >= 11 is 0. The molecule has 1 heterocycles. The van der Waals surface area contributed by atoms with E-state index < -0.39 is 0 Å². The molecule has 1 N–H and O–H groups in total. The quantitative estimate of drug-likeness (QED) is 0.748. The Morgan fingerprint density at radius 2 is 2.19 bits per heavy atom. The van der Waals surface area contributed by atoms with Crippen molar-refractivity contribution < 1.29 is 14.2 Å². The van der Waals surface area contributed by atoms with Gasteiger partial charge in [-0.1, -0.05) is 6.07 Å². The smallest absolute Gasteiger partial charge is 0.161 e. The number of methoxy groups -OCH3 is 1. The largest absolute Gasteiger partial charge is 0.493 e. The van der Waals surface area contributed by atoms with Gasteiger partial charge in [0.2, 0.25) is 0 Å². The van der Waals surface area contributed by atoms with Crippen LogP contribution < -0.4 is 14.8 Å². The Hall–Kier alpha value is -1.26. The van der Waals surface area contributed by atoms with Crippen molar-refractivity contribution in [3.63, 3.8) is 0 Å². The van der Waals surface area contributed by atoms with Crippen LogP contribution in [0.25, 0.3) is 0 Å². The number of nitrogens with one attached hydrogen (secondary N) is 1. The van der Waals surface area contributed by atoms with E-state index in [-0.39, 0.29) is 6.10 Å². The highest BCUT2D eigenvalue weighted by atomic mass is 16.5. The topological polar surface area (TPSA) is 39.7 Å². The predicted octanol–water partition coefficient (Wildman–Crippen LogP) is 3.00. The average molecular weight is 293 g/mol. The Labute approximate surface area is 127 Å². The van der Waals surface area contributed by atoms with Crippen molar-refractivity contribution in [2.45, 2.75) is 39.3 Å². The minimum atomic E-state index is 0.150. The molecule has 2 rings (SSSR count). The molecule has 4 heteroatoms. The van der Waals surface area contributed by atoms with Gasteiger partial charge in [0, 0.05) is 19.8 Å². The first kappa shape index (κ1) is 16.1. The molecule has 1 fully saturated rings. The lowest BCUT2D eigenvalue weighted by molar-refractivity contribution is 0.184. The minimum absolute atomic E-state index is 0.150. The molecule has 0 aliphatic carbocycles. The molecule has 0 radical (unpaired) electrons. The molecular formula is C17H27NO3. The monoisotopic (exact) mass is 293 g/mol. The molecule has 1 saturated heterocycles. The molecule has 1 unspecified atom stereocenters. The first-order valence-electron chi connectivity index (χ1n) is 7.81. The minimum Gasteiger partial charge on any atom is -0.493 e. The normalized spacial score (nSPS) is 18.2. The molecule has 1 atom stereocenters. The molecular weight excluding hydrogens is 266 g/mol. The van der Waals surface area contributed by atoms with Gasteiger partial charge in [-0.05, 0) is 56.8 Å². The van der Waals surface area contributed by atoms with E-state index in [1.165, 1.54) is 18.4 Å². The third kappa shape index (κ3) is 5.21.